The van der Waals surface area contributed by atoms with Gasteiger partial charge in [-0.2, -0.15) is 0 Å². The van der Waals surface area contributed by atoms with Crippen molar-refractivity contribution in [3.63, 3.8) is 0 Å². The van der Waals surface area contributed by atoms with Gasteiger partial charge in [0.25, 0.3) is 11.5 Å². The molecule has 2 aromatic rings. The van der Waals surface area contributed by atoms with E-state index >= 15 is 0 Å². The normalized spacial score (nSPS) is 28.4. The number of hydrogen-bond acceptors (Lipinski definition) is 7. The molecule has 1 saturated heterocycles. The number of fused-ring (bicyclic) bond motifs is 3. The van der Waals surface area contributed by atoms with Crippen LogP contribution in [0, 0.1) is 30.1 Å². The molecule has 2 atom stereocenters. The van der Waals surface area contributed by atoms with Crippen molar-refractivity contribution in [1.82, 2.24) is 25.2 Å². The predicted octanol–water partition coefficient (Wildman–Crippen LogP) is 1.84. The van der Waals surface area contributed by atoms with E-state index in [4.69, 9.17) is 0 Å². The second kappa shape index (κ2) is 7.13. The molecule has 5 aliphatic rings. The van der Waals surface area contributed by atoms with Gasteiger partial charge in [0.2, 0.25) is 5.91 Å². The average molecular weight is 476 g/mol. The number of carbonyl (C=O) groups is 2. The van der Waals surface area contributed by atoms with Crippen molar-refractivity contribution < 1.29 is 9.59 Å². The van der Waals surface area contributed by atoms with Crippen molar-refractivity contribution in [2.75, 3.05) is 23.7 Å². The summed E-state index contributed by atoms with van der Waals surface area (Å²) < 4.78 is 1.69. The summed E-state index contributed by atoms with van der Waals surface area (Å²) in [5.41, 5.74) is 1.09. The predicted molar refractivity (Wildman–Crippen MR) is 128 cm³/mol. The van der Waals surface area contributed by atoms with Crippen molar-refractivity contribution in [2.24, 2.45) is 23.2 Å². The number of anilines is 3. The van der Waals surface area contributed by atoms with Crippen molar-refractivity contribution in [3.05, 3.63) is 40.1 Å². The van der Waals surface area contributed by atoms with Crippen LogP contribution in [-0.4, -0.2) is 39.4 Å². The molecule has 35 heavy (non-hydrogen) atoms. The van der Waals surface area contributed by atoms with Gasteiger partial charge in [-0.05, 0) is 87.4 Å². The number of rotatable bonds is 4. The molecule has 4 fully saturated rings. The minimum Gasteiger partial charge on any atom is -0.336 e. The topological polar surface area (TPSA) is 130 Å². The summed E-state index contributed by atoms with van der Waals surface area (Å²) in [6.45, 7) is 3.63. The Balaban J connectivity index is 1.16. The Bertz CT molecular complexity index is 1310. The molecule has 10 heteroatoms. The third kappa shape index (κ3) is 3.22. The fraction of sp³-hybridized carbons (Fsp3) is 0.560. The van der Waals surface area contributed by atoms with Crippen LogP contribution in [0.1, 0.15) is 54.6 Å². The fourth-order valence-corrected chi connectivity index (χ4v) is 6.72. The van der Waals surface area contributed by atoms with Crippen LogP contribution in [0.4, 0.5) is 17.3 Å². The lowest BCUT2D eigenvalue weighted by Crippen LogP contribution is -2.50. The molecule has 0 radical (unpaired) electrons. The molecule has 4 N–H and O–H groups in total. The van der Waals surface area contributed by atoms with Gasteiger partial charge in [0.05, 0.1) is 0 Å². The first-order chi connectivity index (χ1) is 16.9. The molecule has 2 aliphatic heterocycles. The summed E-state index contributed by atoms with van der Waals surface area (Å²) in [5, 5.41) is 12.5. The number of hydrogen-bond donors (Lipinski definition) is 4. The van der Waals surface area contributed by atoms with Crippen molar-refractivity contribution in [3.8, 4) is 0 Å². The van der Waals surface area contributed by atoms with Gasteiger partial charge in [0, 0.05) is 12.0 Å². The summed E-state index contributed by atoms with van der Waals surface area (Å²) in [5.74, 6) is 1.50. The summed E-state index contributed by atoms with van der Waals surface area (Å²) in [6, 6.07) is 3.34. The molecule has 4 heterocycles. The number of carbonyl (C=O) groups excluding carboxylic acids is 2. The van der Waals surface area contributed by atoms with E-state index in [9.17, 15) is 14.4 Å². The third-order valence-electron chi connectivity index (χ3n) is 9.05. The minimum atomic E-state index is -0.651. The number of aromatic nitrogens is 3. The molecule has 0 aromatic carbocycles. The number of piperidine rings is 1. The molecule has 2 spiro atoms. The van der Waals surface area contributed by atoms with E-state index < -0.39 is 5.66 Å². The maximum absolute atomic E-state index is 13.7. The second-order valence-corrected chi connectivity index (χ2v) is 11.1. The van der Waals surface area contributed by atoms with Crippen LogP contribution >= 0.6 is 0 Å². The van der Waals surface area contributed by atoms with Gasteiger partial charge in [-0.15, -0.1) is 0 Å². The van der Waals surface area contributed by atoms with E-state index in [0.29, 0.717) is 40.3 Å². The van der Waals surface area contributed by atoms with Crippen molar-refractivity contribution in [2.45, 2.75) is 51.1 Å². The van der Waals surface area contributed by atoms with Crippen LogP contribution in [0.5, 0.6) is 0 Å². The van der Waals surface area contributed by atoms with E-state index in [1.54, 1.807) is 16.7 Å². The molecule has 3 aliphatic carbocycles. The summed E-state index contributed by atoms with van der Waals surface area (Å²) in [6.07, 6.45) is 7.49. The maximum Gasteiger partial charge on any atom is 0.276 e. The van der Waals surface area contributed by atoms with E-state index in [-0.39, 0.29) is 23.3 Å². The van der Waals surface area contributed by atoms with Crippen molar-refractivity contribution >= 4 is 29.1 Å². The molecule has 2 unspecified atom stereocenters. The lowest BCUT2D eigenvalue weighted by Gasteiger charge is -2.39. The van der Waals surface area contributed by atoms with Gasteiger partial charge < -0.3 is 21.3 Å². The number of nitrogens with one attached hydrogen (secondary N) is 4. The van der Waals surface area contributed by atoms with E-state index in [1.165, 1.54) is 19.2 Å². The molecular formula is C25H29N7O3. The Morgan fingerprint density at radius 2 is 1.71 bits per heavy atom. The largest absolute Gasteiger partial charge is 0.336 e. The highest BCUT2D eigenvalue weighted by atomic mass is 16.2. The fourth-order valence-electron chi connectivity index (χ4n) is 6.72. The zero-order valence-corrected chi connectivity index (χ0v) is 19.7. The molecule has 2 aromatic heterocycles. The van der Waals surface area contributed by atoms with E-state index in [2.05, 4.69) is 31.2 Å². The highest BCUT2D eigenvalue weighted by Gasteiger charge is 2.57. The SMILES string of the molecule is Cc1cc(Nc2cc(NC(=O)C3C4CNCC43)ncn2)c(=O)n2c1C(=O)NC21CCC2(CC2)CC1. The first-order valence-electron chi connectivity index (χ1n) is 12.6. The molecule has 7 rings (SSSR count). The van der Waals surface area contributed by atoms with Crippen LogP contribution < -0.4 is 26.8 Å². The van der Waals surface area contributed by atoms with Gasteiger partial charge in [-0.1, -0.05) is 0 Å². The van der Waals surface area contributed by atoms with Gasteiger partial charge in [-0.25, -0.2) is 9.97 Å². The summed E-state index contributed by atoms with van der Waals surface area (Å²) >= 11 is 0. The Labute approximate surface area is 202 Å². The van der Waals surface area contributed by atoms with E-state index in [0.717, 1.165) is 44.3 Å². The Morgan fingerprint density at radius 1 is 1.03 bits per heavy atom. The first kappa shape index (κ1) is 21.0. The highest BCUT2D eigenvalue weighted by molar-refractivity contribution is 5.97. The first-order valence-corrected chi connectivity index (χ1v) is 12.6. The number of aryl methyl sites for hydroxylation is 1. The van der Waals surface area contributed by atoms with Crippen LogP contribution in [0.2, 0.25) is 0 Å². The number of nitrogens with zero attached hydrogens (tertiary/aromatic N) is 3. The molecule has 3 saturated carbocycles. The van der Waals surface area contributed by atoms with Gasteiger partial charge in [-0.3, -0.25) is 19.0 Å². The molecule has 0 bridgehead atoms. The molecule has 2 amide bonds. The zero-order valence-electron chi connectivity index (χ0n) is 19.7. The van der Waals surface area contributed by atoms with Crippen molar-refractivity contribution in [1.29, 1.82) is 0 Å². The highest BCUT2D eigenvalue weighted by Crippen LogP contribution is 2.59. The average Bonchev–Trinajstić information content (AvgIpc) is 3.67. The number of pyridine rings is 1. The third-order valence-corrected chi connectivity index (χ3v) is 9.05. The number of amides is 2. The lowest BCUT2D eigenvalue weighted by atomic mass is 9.79. The Hall–Kier alpha value is -3.27. The maximum atomic E-state index is 13.7. The smallest absolute Gasteiger partial charge is 0.276 e. The molecule has 10 nitrogen and oxygen atoms in total. The quantitative estimate of drug-likeness (QED) is 0.531. The van der Waals surface area contributed by atoms with Crippen LogP contribution in [-0.2, 0) is 10.5 Å². The standard InChI is InChI=1S/C25H29N7O3/c1-13-8-16(23(35)32-20(13)22(34)31-25(32)6-4-24(2-3-24)5-7-25)29-17-9-18(28-12-27-17)30-21(33)19-14-10-26-11-15(14)19/h8-9,12,14-15,19,26H,2-7,10-11H2,1H3,(H,31,34)(H2,27,28,29,30,33). The van der Waals surface area contributed by atoms with Crippen LogP contribution in [0.15, 0.2) is 23.3 Å². The lowest BCUT2D eigenvalue weighted by molar-refractivity contribution is -0.118. The summed E-state index contributed by atoms with van der Waals surface area (Å²) in [4.78, 5) is 47.6. The van der Waals surface area contributed by atoms with Gasteiger partial charge >= 0.3 is 0 Å². The van der Waals surface area contributed by atoms with Gasteiger partial charge in [0.15, 0.2) is 0 Å². The molecule has 182 valence electrons. The minimum absolute atomic E-state index is 0.0168. The van der Waals surface area contributed by atoms with Crippen LogP contribution in [0.25, 0.3) is 0 Å². The zero-order chi connectivity index (χ0) is 23.9. The van der Waals surface area contributed by atoms with Gasteiger partial charge in [0.1, 0.15) is 35.0 Å². The Kier molecular flexibility index (Phi) is 4.29. The monoisotopic (exact) mass is 475 g/mol. The molecular weight excluding hydrogens is 446 g/mol. The Morgan fingerprint density at radius 3 is 2.43 bits per heavy atom. The summed E-state index contributed by atoms with van der Waals surface area (Å²) in [7, 11) is 0. The second-order valence-electron chi connectivity index (χ2n) is 11.1. The van der Waals surface area contributed by atoms with Crippen LogP contribution in [0.3, 0.4) is 0 Å². The van der Waals surface area contributed by atoms with E-state index in [1.807, 2.05) is 6.92 Å².